The van der Waals surface area contributed by atoms with E-state index >= 15 is 0 Å². The zero-order valence-electron chi connectivity index (χ0n) is 12.7. The first kappa shape index (κ1) is 16.8. The van der Waals surface area contributed by atoms with Crippen LogP contribution in [0.4, 0.5) is 5.69 Å². The summed E-state index contributed by atoms with van der Waals surface area (Å²) in [6, 6.07) is 10.9. The lowest BCUT2D eigenvalue weighted by atomic mass is 10.1. The van der Waals surface area contributed by atoms with Crippen molar-refractivity contribution in [2.75, 3.05) is 14.2 Å². The van der Waals surface area contributed by atoms with Crippen LogP contribution in [0.15, 0.2) is 42.5 Å². The number of methoxy groups -OCH3 is 1. The largest absolute Gasteiger partial charge is 0.497 e. The van der Waals surface area contributed by atoms with Crippen molar-refractivity contribution in [3.8, 4) is 5.75 Å². The molecule has 1 amide bonds. The summed E-state index contributed by atoms with van der Waals surface area (Å²) < 4.78 is 5.10. The molecule has 120 valence electrons. The Morgan fingerprint density at radius 3 is 2.70 bits per heavy atom. The van der Waals surface area contributed by atoms with Crippen molar-refractivity contribution in [1.29, 1.82) is 0 Å². The summed E-state index contributed by atoms with van der Waals surface area (Å²) in [4.78, 5) is 24.2. The van der Waals surface area contributed by atoms with Crippen LogP contribution in [0.3, 0.4) is 0 Å². The Kier molecular flexibility index (Phi) is 5.18. The zero-order chi connectivity index (χ0) is 17.0. The van der Waals surface area contributed by atoms with Crippen molar-refractivity contribution in [2.45, 2.75) is 6.54 Å². The average Bonchev–Trinajstić information content (AvgIpc) is 2.55. The lowest BCUT2D eigenvalue weighted by molar-refractivity contribution is -0.384. The van der Waals surface area contributed by atoms with E-state index in [4.69, 9.17) is 16.3 Å². The van der Waals surface area contributed by atoms with Gasteiger partial charge in [-0.05, 0) is 29.8 Å². The smallest absolute Gasteiger partial charge is 0.269 e. The van der Waals surface area contributed by atoms with Crippen LogP contribution in [-0.2, 0) is 6.54 Å². The lowest BCUT2D eigenvalue weighted by Gasteiger charge is -2.18. The highest BCUT2D eigenvalue weighted by molar-refractivity contribution is 6.31. The molecule has 0 heterocycles. The fourth-order valence-electron chi connectivity index (χ4n) is 2.10. The third-order valence-corrected chi connectivity index (χ3v) is 3.68. The van der Waals surface area contributed by atoms with E-state index in [1.54, 1.807) is 31.3 Å². The van der Waals surface area contributed by atoms with Crippen LogP contribution in [0.2, 0.25) is 5.02 Å². The van der Waals surface area contributed by atoms with Gasteiger partial charge >= 0.3 is 0 Å². The molecule has 0 N–H and O–H groups in total. The minimum atomic E-state index is -0.496. The molecule has 0 unspecified atom stereocenters. The van der Waals surface area contributed by atoms with E-state index in [0.717, 1.165) is 0 Å². The predicted molar refractivity (Wildman–Crippen MR) is 86.9 cm³/mol. The van der Waals surface area contributed by atoms with Crippen LogP contribution >= 0.6 is 11.6 Å². The molecular weight excluding hydrogens is 320 g/mol. The summed E-state index contributed by atoms with van der Waals surface area (Å²) in [6.07, 6.45) is 0. The first-order valence-corrected chi connectivity index (χ1v) is 7.12. The highest BCUT2D eigenvalue weighted by Gasteiger charge is 2.16. The molecule has 0 aliphatic carbocycles. The molecule has 2 rings (SSSR count). The number of carbonyl (C=O) groups is 1. The van der Waals surface area contributed by atoms with Crippen LogP contribution in [0.25, 0.3) is 0 Å². The SMILES string of the molecule is COc1cccc(C(=O)N(C)Cc2cc([N+](=O)[O-])ccc2Cl)c1. The van der Waals surface area contributed by atoms with Crippen LogP contribution in [0, 0.1) is 10.1 Å². The van der Waals surface area contributed by atoms with Gasteiger partial charge in [0.25, 0.3) is 11.6 Å². The van der Waals surface area contributed by atoms with Gasteiger partial charge in [0.1, 0.15) is 5.75 Å². The number of hydrogen-bond donors (Lipinski definition) is 0. The number of amides is 1. The van der Waals surface area contributed by atoms with Gasteiger partial charge in [-0.15, -0.1) is 0 Å². The quantitative estimate of drug-likeness (QED) is 0.619. The zero-order valence-corrected chi connectivity index (χ0v) is 13.4. The summed E-state index contributed by atoms with van der Waals surface area (Å²) in [5.41, 5.74) is 0.916. The molecule has 0 aliphatic rings. The van der Waals surface area contributed by atoms with Crippen molar-refractivity contribution < 1.29 is 14.5 Å². The van der Waals surface area contributed by atoms with Gasteiger partial charge < -0.3 is 9.64 Å². The predicted octanol–water partition coefficient (Wildman–Crippen LogP) is 3.53. The number of carbonyl (C=O) groups excluding carboxylic acids is 1. The van der Waals surface area contributed by atoms with Crippen LogP contribution in [0.5, 0.6) is 5.75 Å². The number of nitro groups is 1. The molecule has 0 saturated carbocycles. The van der Waals surface area contributed by atoms with Crippen molar-refractivity contribution in [3.63, 3.8) is 0 Å². The van der Waals surface area contributed by atoms with Crippen molar-refractivity contribution >= 4 is 23.2 Å². The van der Waals surface area contributed by atoms with Crippen LogP contribution in [0.1, 0.15) is 15.9 Å². The number of nitro benzene ring substituents is 1. The molecule has 0 bridgehead atoms. The number of halogens is 1. The number of rotatable bonds is 5. The Labute approximate surface area is 138 Å². The Hall–Kier alpha value is -2.60. The summed E-state index contributed by atoms with van der Waals surface area (Å²) in [5, 5.41) is 11.2. The standard InChI is InChI=1S/C16H15ClN2O4/c1-18(16(20)11-4-3-5-14(9-11)23-2)10-12-8-13(19(21)22)6-7-15(12)17/h3-9H,10H2,1-2H3. The molecule has 0 radical (unpaired) electrons. The normalized spacial score (nSPS) is 10.2. The summed E-state index contributed by atoms with van der Waals surface area (Å²) in [7, 11) is 3.13. The molecule has 0 atom stereocenters. The summed E-state index contributed by atoms with van der Waals surface area (Å²) in [5.74, 6) is 0.351. The fourth-order valence-corrected chi connectivity index (χ4v) is 2.28. The highest BCUT2D eigenvalue weighted by Crippen LogP contribution is 2.24. The average molecular weight is 335 g/mol. The van der Waals surface area contributed by atoms with Gasteiger partial charge in [0.15, 0.2) is 0 Å². The lowest BCUT2D eigenvalue weighted by Crippen LogP contribution is -2.26. The third-order valence-electron chi connectivity index (χ3n) is 3.31. The second kappa shape index (κ2) is 7.11. The van der Waals surface area contributed by atoms with Gasteiger partial charge in [-0.3, -0.25) is 14.9 Å². The molecule has 7 heteroatoms. The number of nitrogens with zero attached hydrogens (tertiary/aromatic N) is 2. The molecule has 2 aromatic rings. The molecule has 23 heavy (non-hydrogen) atoms. The van der Waals surface area contributed by atoms with Gasteiger partial charge in [-0.25, -0.2) is 0 Å². The fraction of sp³-hybridized carbons (Fsp3) is 0.188. The van der Waals surface area contributed by atoms with E-state index in [9.17, 15) is 14.9 Å². The van der Waals surface area contributed by atoms with Gasteiger partial charge in [0, 0.05) is 36.3 Å². The number of benzene rings is 2. The van der Waals surface area contributed by atoms with E-state index in [-0.39, 0.29) is 18.1 Å². The number of ether oxygens (including phenoxy) is 1. The topological polar surface area (TPSA) is 72.7 Å². The summed E-state index contributed by atoms with van der Waals surface area (Å²) >= 11 is 6.06. The van der Waals surface area contributed by atoms with Gasteiger partial charge in [0.05, 0.1) is 12.0 Å². The van der Waals surface area contributed by atoms with E-state index in [1.807, 2.05) is 0 Å². The van der Waals surface area contributed by atoms with E-state index in [2.05, 4.69) is 0 Å². The van der Waals surface area contributed by atoms with E-state index in [0.29, 0.717) is 21.9 Å². The van der Waals surface area contributed by atoms with Gasteiger partial charge in [-0.2, -0.15) is 0 Å². The molecule has 0 spiro atoms. The maximum atomic E-state index is 12.4. The van der Waals surface area contributed by atoms with Crippen LogP contribution < -0.4 is 4.74 Å². The second-order valence-electron chi connectivity index (χ2n) is 4.93. The van der Waals surface area contributed by atoms with E-state index in [1.165, 1.54) is 30.2 Å². The van der Waals surface area contributed by atoms with Crippen molar-refractivity contribution in [3.05, 3.63) is 68.7 Å². The Bertz CT molecular complexity index is 749. The monoisotopic (exact) mass is 334 g/mol. The molecule has 2 aromatic carbocycles. The minimum Gasteiger partial charge on any atom is -0.497 e. The molecule has 0 aliphatic heterocycles. The number of non-ortho nitro benzene ring substituents is 1. The third kappa shape index (κ3) is 3.98. The Balaban J connectivity index is 2.21. The molecule has 0 aromatic heterocycles. The maximum Gasteiger partial charge on any atom is 0.269 e. The van der Waals surface area contributed by atoms with Crippen molar-refractivity contribution in [1.82, 2.24) is 4.90 Å². The highest BCUT2D eigenvalue weighted by atomic mass is 35.5. The van der Waals surface area contributed by atoms with E-state index < -0.39 is 4.92 Å². The number of hydrogen-bond acceptors (Lipinski definition) is 4. The van der Waals surface area contributed by atoms with Gasteiger partial charge in [-0.1, -0.05) is 17.7 Å². The minimum absolute atomic E-state index is 0.0633. The van der Waals surface area contributed by atoms with Crippen molar-refractivity contribution in [2.24, 2.45) is 0 Å². The second-order valence-corrected chi connectivity index (χ2v) is 5.33. The molecule has 0 saturated heterocycles. The molecular formula is C16H15ClN2O4. The maximum absolute atomic E-state index is 12.4. The summed E-state index contributed by atoms with van der Waals surface area (Å²) in [6.45, 7) is 0.163. The first-order valence-electron chi connectivity index (χ1n) is 6.74. The van der Waals surface area contributed by atoms with Gasteiger partial charge in [0.2, 0.25) is 0 Å². The Morgan fingerprint density at radius 1 is 1.30 bits per heavy atom. The Morgan fingerprint density at radius 2 is 2.04 bits per heavy atom. The molecule has 0 fully saturated rings. The first-order chi connectivity index (χ1) is 10.9. The van der Waals surface area contributed by atoms with Crippen LogP contribution in [-0.4, -0.2) is 29.9 Å². The molecule has 6 nitrogen and oxygen atoms in total.